The summed E-state index contributed by atoms with van der Waals surface area (Å²) in [6.45, 7) is 5.64. The van der Waals surface area contributed by atoms with Gasteiger partial charge in [-0.2, -0.15) is 0 Å². The summed E-state index contributed by atoms with van der Waals surface area (Å²) in [7, 11) is -3.84. The van der Waals surface area contributed by atoms with Crippen LogP contribution in [0, 0.1) is 26.0 Å². The molecule has 0 aromatic heterocycles. The van der Waals surface area contributed by atoms with Gasteiger partial charge < -0.3 is 5.21 Å². The van der Waals surface area contributed by atoms with Gasteiger partial charge in [0.1, 0.15) is 11.4 Å². The molecule has 0 atom stereocenters. The van der Waals surface area contributed by atoms with Crippen molar-refractivity contribution in [2.24, 2.45) is 5.11 Å². The molecule has 3 rings (SSSR count). The fourth-order valence-corrected chi connectivity index (χ4v) is 3.65. The topological polar surface area (TPSA) is 84.6 Å². The van der Waals surface area contributed by atoms with E-state index in [1.54, 1.807) is 42.5 Å². The third kappa shape index (κ3) is 4.55. The Kier molecular flexibility index (Phi) is 5.46. The second-order valence-corrected chi connectivity index (χ2v) is 8.33. The minimum atomic E-state index is -3.84. The highest BCUT2D eigenvalue weighted by Crippen LogP contribution is 2.29. The van der Waals surface area contributed by atoms with Crippen molar-refractivity contribution in [3.8, 4) is 0 Å². The molecule has 0 fully saturated rings. The van der Waals surface area contributed by atoms with Gasteiger partial charge >= 0.3 is 0 Å². The molecule has 144 valence electrons. The van der Waals surface area contributed by atoms with E-state index in [1.165, 1.54) is 12.1 Å². The van der Waals surface area contributed by atoms with Gasteiger partial charge in [0.2, 0.25) is 0 Å². The lowest BCUT2D eigenvalue weighted by molar-refractivity contribution is -0.434. The molecule has 0 saturated carbocycles. The molecule has 0 saturated heterocycles. The molecule has 7 heteroatoms. The molecule has 0 aliphatic rings. The zero-order valence-corrected chi connectivity index (χ0v) is 16.7. The third-order valence-electron chi connectivity index (χ3n) is 4.17. The predicted octanol–water partition coefficient (Wildman–Crippen LogP) is 5.34. The summed E-state index contributed by atoms with van der Waals surface area (Å²) in [6.07, 6.45) is 0. The minimum absolute atomic E-state index is 0.113. The Morgan fingerprint density at radius 3 is 1.96 bits per heavy atom. The predicted molar refractivity (Wildman–Crippen MR) is 110 cm³/mol. The number of hydrogen-bond donors (Lipinski definition) is 1. The summed E-state index contributed by atoms with van der Waals surface area (Å²) in [6, 6.07) is 18.5. The first-order valence-electron chi connectivity index (χ1n) is 8.70. The van der Waals surface area contributed by atoms with E-state index in [0.717, 1.165) is 16.7 Å². The van der Waals surface area contributed by atoms with Gasteiger partial charge in [0.25, 0.3) is 15.7 Å². The van der Waals surface area contributed by atoms with Crippen LogP contribution in [0.2, 0.25) is 0 Å². The van der Waals surface area contributed by atoms with Crippen molar-refractivity contribution < 1.29 is 13.3 Å². The van der Waals surface area contributed by atoms with Crippen molar-refractivity contribution in [3.63, 3.8) is 0 Å². The maximum absolute atomic E-state index is 12.7. The Bertz CT molecular complexity index is 1120. The van der Waals surface area contributed by atoms with Crippen LogP contribution in [0.4, 0.5) is 17.1 Å². The third-order valence-corrected chi connectivity index (χ3v) is 5.56. The number of azo groups is 1. The molecule has 0 aliphatic carbocycles. The van der Waals surface area contributed by atoms with Crippen LogP contribution in [-0.4, -0.2) is 13.3 Å². The van der Waals surface area contributed by atoms with Crippen molar-refractivity contribution in [1.29, 1.82) is 0 Å². The molecular weight excluding hydrogens is 374 g/mol. The number of nitrogens with zero attached hydrogens (tertiary/aromatic N) is 2. The minimum Gasteiger partial charge on any atom is -0.594 e. The van der Waals surface area contributed by atoms with Crippen LogP contribution in [0.5, 0.6) is 0 Å². The maximum Gasteiger partial charge on any atom is 0.268 e. The highest BCUT2D eigenvalue weighted by atomic mass is 32.2. The van der Waals surface area contributed by atoms with Crippen molar-refractivity contribution in [1.82, 2.24) is 0 Å². The molecule has 6 nitrogen and oxygen atoms in total. The number of benzene rings is 3. The first kappa shape index (κ1) is 19.6. The molecule has 28 heavy (non-hydrogen) atoms. The molecule has 0 spiro atoms. The van der Waals surface area contributed by atoms with E-state index in [4.69, 9.17) is 0 Å². The van der Waals surface area contributed by atoms with Gasteiger partial charge in [0, 0.05) is 11.2 Å². The molecular formula is C21H21N3O3S. The van der Waals surface area contributed by atoms with Crippen molar-refractivity contribution in [2.45, 2.75) is 25.7 Å². The van der Waals surface area contributed by atoms with Crippen LogP contribution in [0.1, 0.15) is 16.7 Å². The van der Waals surface area contributed by atoms with E-state index in [2.05, 4.69) is 9.84 Å². The normalized spacial score (nSPS) is 12.0. The Hall–Kier alpha value is -3.19. The summed E-state index contributed by atoms with van der Waals surface area (Å²) in [5.74, 6) is 0. The molecule has 3 aromatic rings. The molecule has 3 aromatic carbocycles. The monoisotopic (exact) mass is 395 g/mol. The van der Waals surface area contributed by atoms with Gasteiger partial charge in [-0.05, 0) is 61.5 Å². The highest BCUT2D eigenvalue weighted by Gasteiger charge is 2.20. The summed E-state index contributed by atoms with van der Waals surface area (Å²) in [4.78, 5) is 0.551. The number of sulfonamides is 1. The molecule has 0 amide bonds. The van der Waals surface area contributed by atoms with Crippen molar-refractivity contribution in [3.05, 3.63) is 88.6 Å². The smallest absolute Gasteiger partial charge is 0.268 e. The SMILES string of the molecule is Cc1ccc(N=[N+]([O-])c2ccc(C)cc2NS(=O)(=O)c2ccc(C)cc2)cc1. The van der Waals surface area contributed by atoms with Crippen LogP contribution >= 0.6 is 0 Å². The van der Waals surface area contributed by atoms with E-state index < -0.39 is 10.0 Å². The van der Waals surface area contributed by atoms with Crippen LogP contribution in [0.3, 0.4) is 0 Å². The molecule has 0 heterocycles. The lowest BCUT2D eigenvalue weighted by atomic mass is 10.2. The van der Waals surface area contributed by atoms with Crippen LogP contribution in [-0.2, 0) is 10.0 Å². The van der Waals surface area contributed by atoms with E-state index in [1.807, 2.05) is 32.9 Å². The number of rotatable bonds is 5. The Balaban J connectivity index is 1.99. The average molecular weight is 395 g/mol. The van der Waals surface area contributed by atoms with Gasteiger partial charge in [0.15, 0.2) is 0 Å². The van der Waals surface area contributed by atoms with Gasteiger partial charge in [-0.3, -0.25) is 4.72 Å². The lowest BCUT2D eigenvalue weighted by Gasteiger charge is -2.11. The standard InChI is InChI=1S/C21H21N3O3S/c1-15-4-9-18(10-5-15)22-24(25)21-13-8-17(3)14-20(21)23-28(26,27)19-11-6-16(2)7-12-19/h4-14,23H,1-3H3. The molecule has 0 aliphatic heterocycles. The number of anilines is 1. The fourth-order valence-electron chi connectivity index (χ4n) is 2.59. The number of nitrogens with one attached hydrogen (secondary N) is 1. The van der Waals surface area contributed by atoms with Crippen LogP contribution in [0.25, 0.3) is 0 Å². The Morgan fingerprint density at radius 2 is 1.36 bits per heavy atom. The zero-order valence-electron chi connectivity index (χ0n) is 15.9. The Labute approximate surface area is 164 Å². The second-order valence-electron chi connectivity index (χ2n) is 6.65. The largest absolute Gasteiger partial charge is 0.594 e. The first-order valence-corrected chi connectivity index (χ1v) is 10.2. The second kappa shape index (κ2) is 7.82. The number of aryl methyl sites for hydroxylation is 3. The van der Waals surface area contributed by atoms with Gasteiger partial charge in [0.05, 0.1) is 4.90 Å². The van der Waals surface area contributed by atoms with E-state index in [9.17, 15) is 13.6 Å². The zero-order chi connectivity index (χ0) is 20.3. The van der Waals surface area contributed by atoms with Gasteiger partial charge in [-0.1, -0.05) is 41.5 Å². The maximum atomic E-state index is 12.7. The molecule has 0 bridgehead atoms. The van der Waals surface area contributed by atoms with Gasteiger partial charge in [-0.25, -0.2) is 8.42 Å². The summed E-state index contributed by atoms with van der Waals surface area (Å²) >= 11 is 0. The van der Waals surface area contributed by atoms with Crippen molar-refractivity contribution >= 4 is 27.1 Å². The van der Waals surface area contributed by atoms with E-state index in [-0.39, 0.29) is 16.3 Å². The highest BCUT2D eigenvalue weighted by molar-refractivity contribution is 7.92. The van der Waals surface area contributed by atoms with Crippen LogP contribution in [0.15, 0.2) is 76.7 Å². The number of hydrogen-bond acceptors (Lipinski definition) is 4. The molecule has 0 unspecified atom stereocenters. The van der Waals surface area contributed by atoms with Crippen molar-refractivity contribution in [2.75, 3.05) is 4.72 Å². The quantitative estimate of drug-likeness (QED) is 0.359. The summed E-state index contributed by atoms with van der Waals surface area (Å²) in [5, 5.41) is 16.6. The van der Waals surface area contributed by atoms with Gasteiger partial charge in [-0.15, -0.1) is 0 Å². The Morgan fingerprint density at radius 1 is 0.821 bits per heavy atom. The molecule has 0 radical (unpaired) electrons. The van der Waals surface area contributed by atoms with E-state index >= 15 is 0 Å². The first-order chi connectivity index (χ1) is 13.2. The van der Waals surface area contributed by atoms with Crippen LogP contribution < -0.4 is 4.72 Å². The molecule has 1 N–H and O–H groups in total. The fraction of sp³-hybridized carbons (Fsp3) is 0.143. The average Bonchev–Trinajstić information content (AvgIpc) is 2.63. The van der Waals surface area contributed by atoms with E-state index in [0.29, 0.717) is 10.5 Å². The lowest BCUT2D eigenvalue weighted by Crippen LogP contribution is -2.14. The summed E-state index contributed by atoms with van der Waals surface area (Å²) in [5.41, 5.74) is 3.59. The summed E-state index contributed by atoms with van der Waals surface area (Å²) < 4.78 is 28.0.